The van der Waals surface area contributed by atoms with Crippen molar-refractivity contribution in [1.82, 2.24) is 4.90 Å². The summed E-state index contributed by atoms with van der Waals surface area (Å²) < 4.78 is 16.9. The van der Waals surface area contributed by atoms with Crippen LogP contribution in [0.4, 0.5) is 0 Å². The number of carbonyl (C=O) groups is 1. The number of aryl methyl sites for hydroxylation is 2. The summed E-state index contributed by atoms with van der Waals surface area (Å²) in [4.78, 5) is 28.5. The van der Waals surface area contributed by atoms with E-state index in [9.17, 15) is 14.7 Å². The number of phenols is 1. The van der Waals surface area contributed by atoms with E-state index < -0.39 is 6.04 Å². The van der Waals surface area contributed by atoms with Gasteiger partial charge in [-0.3, -0.25) is 9.59 Å². The molecule has 1 atom stereocenters. The highest BCUT2D eigenvalue weighted by Crippen LogP contribution is 2.43. The average molecular weight is 488 g/mol. The van der Waals surface area contributed by atoms with Crippen LogP contribution in [0.1, 0.15) is 38.9 Å². The lowest BCUT2D eigenvalue weighted by atomic mass is 9.96. The third-order valence-corrected chi connectivity index (χ3v) is 6.14. The van der Waals surface area contributed by atoms with Crippen molar-refractivity contribution in [1.29, 1.82) is 0 Å². The zero-order valence-corrected chi connectivity index (χ0v) is 19.2. The van der Waals surface area contributed by atoms with Gasteiger partial charge in [0.15, 0.2) is 16.9 Å². The minimum atomic E-state index is -0.704. The third-order valence-electron chi connectivity index (χ3n) is 5.53. The molecule has 0 bridgehead atoms. The van der Waals surface area contributed by atoms with Gasteiger partial charge in [-0.2, -0.15) is 0 Å². The molecule has 1 N–H and O–H groups in total. The number of nitrogens with zero attached hydrogens (tertiary/aromatic N) is 1. The maximum Gasteiger partial charge on any atom is 0.290 e. The van der Waals surface area contributed by atoms with E-state index in [1.165, 1.54) is 7.11 Å². The molecule has 1 aromatic heterocycles. The lowest BCUT2D eigenvalue weighted by Crippen LogP contribution is -2.32. The van der Waals surface area contributed by atoms with Crippen LogP contribution in [-0.2, 0) is 4.74 Å². The Kier molecular flexibility index (Phi) is 5.53. The second-order valence-corrected chi connectivity index (χ2v) is 8.43. The molecule has 1 aliphatic heterocycles. The number of methoxy groups -OCH3 is 2. The predicted octanol–water partition coefficient (Wildman–Crippen LogP) is 4.08. The molecule has 8 heteroatoms. The number of ether oxygens (including phenoxy) is 2. The Hall–Kier alpha value is -2.84. The van der Waals surface area contributed by atoms with Gasteiger partial charge in [0.25, 0.3) is 5.91 Å². The highest BCUT2D eigenvalue weighted by atomic mass is 79.9. The van der Waals surface area contributed by atoms with Crippen molar-refractivity contribution < 1.29 is 23.8 Å². The SMILES string of the molecule is COCCN1C(=O)c2oc3cc(C)cc(C)c3c(=O)c2C1c1cc(Br)c(O)c(OC)c1. The number of halogens is 1. The van der Waals surface area contributed by atoms with E-state index in [2.05, 4.69) is 15.9 Å². The summed E-state index contributed by atoms with van der Waals surface area (Å²) in [6.45, 7) is 4.32. The molecule has 0 fully saturated rings. The number of benzene rings is 2. The first kappa shape index (κ1) is 21.4. The molecule has 31 heavy (non-hydrogen) atoms. The van der Waals surface area contributed by atoms with Crippen LogP contribution < -0.4 is 10.2 Å². The van der Waals surface area contributed by atoms with Crippen LogP contribution in [0.5, 0.6) is 11.5 Å². The molecule has 2 heterocycles. The topological polar surface area (TPSA) is 89.2 Å². The van der Waals surface area contributed by atoms with Gasteiger partial charge < -0.3 is 23.9 Å². The maximum atomic E-state index is 13.6. The van der Waals surface area contributed by atoms with Gasteiger partial charge in [0.2, 0.25) is 5.76 Å². The summed E-state index contributed by atoms with van der Waals surface area (Å²) in [7, 11) is 2.99. The Morgan fingerprint density at radius 2 is 1.90 bits per heavy atom. The van der Waals surface area contributed by atoms with Crippen molar-refractivity contribution in [3.8, 4) is 11.5 Å². The lowest BCUT2D eigenvalue weighted by Gasteiger charge is -2.25. The Labute approximate surface area is 187 Å². The summed E-state index contributed by atoms with van der Waals surface area (Å²) >= 11 is 3.33. The molecule has 0 radical (unpaired) electrons. The van der Waals surface area contributed by atoms with Crippen LogP contribution >= 0.6 is 15.9 Å². The van der Waals surface area contributed by atoms with Gasteiger partial charge in [0, 0.05) is 13.7 Å². The van der Waals surface area contributed by atoms with Gasteiger partial charge in [-0.1, -0.05) is 6.07 Å². The number of rotatable bonds is 5. The van der Waals surface area contributed by atoms with Crippen molar-refractivity contribution in [2.75, 3.05) is 27.4 Å². The fraction of sp³-hybridized carbons (Fsp3) is 0.304. The van der Waals surface area contributed by atoms with Crippen molar-refractivity contribution in [3.63, 3.8) is 0 Å². The quantitative estimate of drug-likeness (QED) is 0.583. The van der Waals surface area contributed by atoms with E-state index in [-0.39, 0.29) is 40.7 Å². The minimum absolute atomic E-state index is 0.0340. The van der Waals surface area contributed by atoms with E-state index >= 15 is 0 Å². The summed E-state index contributed by atoms with van der Waals surface area (Å²) in [5.41, 5.74) is 2.78. The second kappa shape index (κ2) is 8.01. The standard InChI is InChI=1S/C23H22BrNO6/c1-11-7-12(2)17-15(8-11)31-22-18(21(17)27)19(25(23(22)28)5-6-29-3)13-9-14(24)20(26)16(10-13)30-4/h7-10,19,26H,5-6H2,1-4H3. The molecule has 0 saturated heterocycles. The number of fused-ring (bicyclic) bond motifs is 2. The zero-order valence-electron chi connectivity index (χ0n) is 17.6. The molecule has 4 rings (SSSR count). The maximum absolute atomic E-state index is 13.6. The summed E-state index contributed by atoms with van der Waals surface area (Å²) in [6.07, 6.45) is 0. The zero-order chi connectivity index (χ0) is 22.4. The average Bonchev–Trinajstić information content (AvgIpc) is 3.00. The Balaban J connectivity index is 2.03. The normalized spacial score (nSPS) is 15.6. The molecule has 7 nitrogen and oxygen atoms in total. The molecule has 0 saturated carbocycles. The number of phenolic OH excluding ortho intramolecular Hbond substituents is 1. The predicted molar refractivity (Wildman–Crippen MR) is 119 cm³/mol. The van der Waals surface area contributed by atoms with Crippen LogP contribution in [0.15, 0.2) is 37.9 Å². The van der Waals surface area contributed by atoms with Crippen molar-refractivity contribution in [2.24, 2.45) is 0 Å². The molecule has 0 spiro atoms. The van der Waals surface area contributed by atoms with Crippen LogP contribution in [0.2, 0.25) is 0 Å². The summed E-state index contributed by atoms with van der Waals surface area (Å²) in [5, 5.41) is 10.7. The van der Waals surface area contributed by atoms with Crippen LogP contribution in [0, 0.1) is 13.8 Å². The molecule has 1 aliphatic rings. The fourth-order valence-corrected chi connectivity index (χ4v) is 4.65. The van der Waals surface area contributed by atoms with Gasteiger partial charge in [-0.05, 0) is 64.7 Å². The van der Waals surface area contributed by atoms with Gasteiger partial charge in [-0.25, -0.2) is 0 Å². The number of carbonyl (C=O) groups excluding carboxylic acids is 1. The molecule has 0 aliphatic carbocycles. The van der Waals surface area contributed by atoms with Crippen molar-refractivity contribution >= 4 is 32.8 Å². The highest BCUT2D eigenvalue weighted by Gasteiger charge is 2.43. The molecule has 1 amide bonds. The Bertz CT molecular complexity index is 1270. The van der Waals surface area contributed by atoms with Crippen LogP contribution in [0.25, 0.3) is 11.0 Å². The number of aromatic hydroxyl groups is 1. The first-order chi connectivity index (χ1) is 14.8. The molecule has 1 unspecified atom stereocenters. The summed E-state index contributed by atoms with van der Waals surface area (Å²) in [5.74, 6) is -0.171. The van der Waals surface area contributed by atoms with Gasteiger partial charge in [0.05, 0.1) is 35.2 Å². The van der Waals surface area contributed by atoms with Crippen molar-refractivity contribution in [2.45, 2.75) is 19.9 Å². The number of amides is 1. The Morgan fingerprint density at radius 1 is 1.16 bits per heavy atom. The van der Waals surface area contributed by atoms with Crippen LogP contribution in [0.3, 0.4) is 0 Å². The largest absolute Gasteiger partial charge is 0.503 e. The molecular formula is C23H22BrNO6. The second-order valence-electron chi connectivity index (χ2n) is 7.58. The third kappa shape index (κ3) is 3.40. The van der Waals surface area contributed by atoms with Gasteiger partial charge in [0.1, 0.15) is 5.58 Å². The highest BCUT2D eigenvalue weighted by molar-refractivity contribution is 9.10. The number of hydrogen-bond acceptors (Lipinski definition) is 6. The van der Waals surface area contributed by atoms with Crippen LogP contribution in [-0.4, -0.2) is 43.3 Å². The molecule has 3 aromatic rings. The lowest BCUT2D eigenvalue weighted by molar-refractivity contribution is 0.0663. The van der Waals surface area contributed by atoms with E-state index in [4.69, 9.17) is 13.9 Å². The van der Waals surface area contributed by atoms with E-state index in [1.54, 1.807) is 30.2 Å². The monoisotopic (exact) mass is 487 g/mol. The number of hydrogen-bond donors (Lipinski definition) is 1. The van der Waals surface area contributed by atoms with Crippen molar-refractivity contribution in [3.05, 3.63) is 67.0 Å². The van der Waals surface area contributed by atoms with E-state index in [1.807, 2.05) is 19.9 Å². The van der Waals surface area contributed by atoms with E-state index in [0.29, 0.717) is 27.6 Å². The van der Waals surface area contributed by atoms with E-state index in [0.717, 1.165) is 11.1 Å². The first-order valence-electron chi connectivity index (χ1n) is 9.72. The van der Waals surface area contributed by atoms with Gasteiger partial charge in [-0.15, -0.1) is 0 Å². The summed E-state index contributed by atoms with van der Waals surface area (Å²) in [6, 6.07) is 6.28. The molecular weight excluding hydrogens is 466 g/mol. The Morgan fingerprint density at radius 3 is 2.58 bits per heavy atom. The minimum Gasteiger partial charge on any atom is -0.503 e. The molecule has 162 valence electrons. The smallest absolute Gasteiger partial charge is 0.290 e. The first-order valence-corrected chi connectivity index (χ1v) is 10.5. The molecule has 2 aromatic carbocycles. The van der Waals surface area contributed by atoms with Gasteiger partial charge >= 0.3 is 0 Å². The fourth-order valence-electron chi connectivity index (χ4n) is 4.19.